The van der Waals surface area contributed by atoms with Crippen molar-refractivity contribution in [1.82, 2.24) is 9.55 Å². The largest absolute Gasteiger partial charge is 0.323 e. The first-order valence-electron chi connectivity index (χ1n) is 8.19. The van der Waals surface area contributed by atoms with Crippen LogP contribution in [0.4, 0.5) is 18.9 Å². The number of amides is 1. The van der Waals surface area contributed by atoms with Crippen molar-refractivity contribution in [3.63, 3.8) is 0 Å². The molecule has 2 aromatic carbocycles. The molecular weight excluding hydrogens is 427 g/mol. The van der Waals surface area contributed by atoms with E-state index in [2.05, 4.69) is 16.9 Å². The van der Waals surface area contributed by atoms with Crippen LogP contribution >= 0.6 is 23.4 Å². The monoisotopic (exact) mass is 439 g/mol. The first-order valence-corrected chi connectivity index (χ1v) is 9.55. The molecule has 0 saturated carbocycles. The van der Waals surface area contributed by atoms with Crippen molar-refractivity contribution in [2.75, 3.05) is 11.1 Å². The number of hydrogen-bond acceptors (Lipinski definition) is 4. The van der Waals surface area contributed by atoms with E-state index < -0.39 is 29.0 Å². The molecule has 0 aliphatic heterocycles. The van der Waals surface area contributed by atoms with Gasteiger partial charge in [-0.25, -0.2) is 18.2 Å². The molecule has 0 atom stereocenters. The topological polar surface area (TPSA) is 64.0 Å². The van der Waals surface area contributed by atoms with E-state index in [0.717, 1.165) is 17.8 Å². The fourth-order valence-corrected chi connectivity index (χ4v) is 3.49. The summed E-state index contributed by atoms with van der Waals surface area (Å²) in [5.74, 6) is -5.48. The Bertz CT molecular complexity index is 1180. The number of aromatic nitrogens is 2. The predicted molar refractivity (Wildman–Crippen MR) is 107 cm³/mol. The lowest BCUT2D eigenvalue weighted by molar-refractivity contribution is -0.113. The standard InChI is InChI=1S/C19H13ClF3N3O2S/c1-2-7-26-18(28)11-4-3-10(20)8-14(11)25-19(26)29-9-15(27)24-13-6-5-12(21)16(22)17(13)23/h2-6,8H,1,7,9H2,(H,24,27). The van der Waals surface area contributed by atoms with Crippen LogP contribution in [0.5, 0.6) is 0 Å². The molecule has 10 heteroatoms. The molecule has 3 rings (SSSR count). The highest BCUT2D eigenvalue weighted by Crippen LogP contribution is 2.22. The van der Waals surface area contributed by atoms with Gasteiger partial charge in [-0.3, -0.25) is 14.2 Å². The number of thioether (sulfide) groups is 1. The van der Waals surface area contributed by atoms with Gasteiger partial charge in [0.15, 0.2) is 22.6 Å². The van der Waals surface area contributed by atoms with Crippen LogP contribution in [0.3, 0.4) is 0 Å². The molecular formula is C19H13ClF3N3O2S. The maximum Gasteiger partial charge on any atom is 0.262 e. The van der Waals surface area contributed by atoms with Gasteiger partial charge < -0.3 is 5.32 Å². The van der Waals surface area contributed by atoms with Crippen LogP contribution in [0.2, 0.25) is 5.02 Å². The molecule has 29 heavy (non-hydrogen) atoms. The first kappa shape index (κ1) is 20.9. The lowest BCUT2D eigenvalue weighted by Crippen LogP contribution is -2.24. The summed E-state index contributed by atoms with van der Waals surface area (Å²) in [4.78, 5) is 29.2. The van der Waals surface area contributed by atoms with Crippen LogP contribution in [-0.4, -0.2) is 21.2 Å². The second-order valence-electron chi connectivity index (χ2n) is 5.82. The summed E-state index contributed by atoms with van der Waals surface area (Å²) in [6, 6.07) is 6.27. The summed E-state index contributed by atoms with van der Waals surface area (Å²) in [6.07, 6.45) is 1.51. The maximum absolute atomic E-state index is 13.7. The smallest absolute Gasteiger partial charge is 0.262 e. The average Bonchev–Trinajstić information content (AvgIpc) is 2.69. The molecule has 0 spiro atoms. The van der Waals surface area contributed by atoms with Gasteiger partial charge in [-0.2, -0.15) is 0 Å². The Morgan fingerprint density at radius 3 is 2.72 bits per heavy atom. The summed E-state index contributed by atoms with van der Waals surface area (Å²) >= 11 is 6.87. The van der Waals surface area contributed by atoms with Crippen LogP contribution in [0.25, 0.3) is 10.9 Å². The Morgan fingerprint density at radius 2 is 2.00 bits per heavy atom. The highest BCUT2D eigenvalue weighted by molar-refractivity contribution is 7.99. The molecule has 0 unspecified atom stereocenters. The van der Waals surface area contributed by atoms with Gasteiger partial charge >= 0.3 is 0 Å². The van der Waals surface area contributed by atoms with Crippen LogP contribution < -0.4 is 10.9 Å². The van der Waals surface area contributed by atoms with Gasteiger partial charge in [-0.15, -0.1) is 6.58 Å². The third-order valence-corrected chi connectivity index (χ3v) is 5.05. The third kappa shape index (κ3) is 4.46. The van der Waals surface area contributed by atoms with Gasteiger partial charge in [0.2, 0.25) is 5.91 Å². The molecule has 3 aromatic rings. The lowest BCUT2D eigenvalue weighted by atomic mass is 10.2. The molecule has 1 aromatic heterocycles. The van der Waals surface area contributed by atoms with E-state index in [9.17, 15) is 22.8 Å². The summed E-state index contributed by atoms with van der Waals surface area (Å²) in [6.45, 7) is 3.76. The van der Waals surface area contributed by atoms with Gasteiger partial charge in [-0.1, -0.05) is 29.4 Å². The third-order valence-electron chi connectivity index (χ3n) is 3.84. The zero-order chi connectivity index (χ0) is 21.1. The van der Waals surface area contributed by atoms with E-state index in [-0.39, 0.29) is 23.0 Å². The first-order chi connectivity index (χ1) is 13.8. The van der Waals surface area contributed by atoms with E-state index in [1.54, 1.807) is 12.1 Å². The van der Waals surface area contributed by atoms with Crippen molar-refractivity contribution in [3.8, 4) is 0 Å². The van der Waals surface area contributed by atoms with Crippen LogP contribution in [-0.2, 0) is 11.3 Å². The summed E-state index contributed by atoms with van der Waals surface area (Å²) in [7, 11) is 0. The Labute approximate surface area is 172 Å². The molecule has 1 amide bonds. The van der Waals surface area contributed by atoms with Gasteiger partial charge in [0.25, 0.3) is 5.56 Å². The molecule has 0 aliphatic carbocycles. The van der Waals surface area contributed by atoms with E-state index >= 15 is 0 Å². The summed E-state index contributed by atoms with van der Waals surface area (Å²) in [5, 5.41) is 3.14. The number of allylic oxidation sites excluding steroid dienone is 1. The van der Waals surface area contributed by atoms with Crippen molar-refractivity contribution in [2.45, 2.75) is 11.7 Å². The number of halogens is 4. The molecule has 1 heterocycles. The molecule has 0 bridgehead atoms. The Morgan fingerprint density at radius 1 is 1.24 bits per heavy atom. The van der Waals surface area contributed by atoms with Crippen molar-refractivity contribution in [2.24, 2.45) is 0 Å². The number of rotatable bonds is 6. The Balaban J connectivity index is 1.85. The molecule has 1 N–H and O–H groups in total. The Kier molecular flexibility index (Phi) is 6.29. The minimum absolute atomic E-state index is 0.159. The van der Waals surface area contributed by atoms with Gasteiger partial charge in [-0.05, 0) is 30.3 Å². The predicted octanol–water partition coefficient (Wildman–Crippen LogP) is 4.38. The fraction of sp³-hybridized carbons (Fsp3) is 0.105. The van der Waals surface area contributed by atoms with Crippen LogP contribution in [0.1, 0.15) is 0 Å². The molecule has 5 nitrogen and oxygen atoms in total. The van der Waals surface area contributed by atoms with Gasteiger partial charge in [0, 0.05) is 11.6 Å². The average molecular weight is 440 g/mol. The van der Waals surface area contributed by atoms with Crippen LogP contribution in [0.15, 0.2) is 52.9 Å². The summed E-state index contributed by atoms with van der Waals surface area (Å²) < 4.78 is 41.3. The number of fused-ring (bicyclic) bond motifs is 1. The normalized spacial score (nSPS) is 10.9. The zero-order valence-electron chi connectivity index (χ0n) is 14.7. The van der Waals surface area contributed by atoms with Crippen LogP contribution in [0, 0.1) is 17.5 Å². The van der Waals surface area contributed by atoms with E-state index in [4.69, 9.17) is 11.6 Å². The minimum atomic E-state index is -1.68. The Hall–Kier alpha value is -2.78. The van der Waals surface area contributed by atoms with E-state index in [1.807, 2.05) is 0 Å². The van der Waals surface area contributed by atoms with Gasteiger partial charge in [0.1, 0.15) is 0 Å². The van der Waals surface area contributed by atoms with Crippen molar-refractivity contribution < 1.29 is 18.0 Å². The van der Waals surface area contributed by atoms with Gasteiger partial charge in [0.05, 0.1) is 22.3 Å². The molecule has 0 saturated heterocycles. The van der Waals surface area contributed by atoms with E-state index in [1.165, 1.54) is 16.7 Å². The lowest BCUT2D eigenvalue weighted by Gasteiger charge is -2.12. The maximum atomic E-state index is 13.7. The van der Waals surface area contributed by atoms with Crippen molar-refractivity contribution >= 4 is 45.9 Å². The molecule has 150 valence electrons. The second-order valence-corrected chi connectivity index (χ2v) is 7.20. The fourth-order valence-electron chi connectivity index (χ4n) is 2.51. The molecule has 0 radical (unpaired) electrons. The quantitative estimate of drug-likeness (QED) is 0.268. The molecule has 0 aliphatic rings. The number of hydrogen-bond donors (Lipinski definition) is 1. The number of carbonyl (C=O) groups excluding carboxylic acids is 1. The number of carbonyl (C=O) groups is 1. The number of anilines is 1. The number of nitrogens with zero attached hydrogens (tertiary/aromatic N) is 2. The van der Waals surface area contributed by atoms with Crippen molar-refractivity contribution in [3.05, 3.63) is 75.8 Å². The highest BCUT2D eigenvalue weighted by Gasteiger charge is 2.17. The minimum Gasteiger partial charge on any atom is -0.323 e. The number of nitrogens with one attached hydrogen (secondary N) is 1. The van der Waals surface area contributed by atoms with E-state index in [0.29, 0.717) is 22.0 Å². The van der Waals surface area contributed by atoms with Crippen molar-refractivity contribution in [1.29, 1.82) is 0 Å². The summed E-state index contributed by atoms with van der Waals surface area (Å²) in [5.41, 5.74) is -0.463. The zero-order valence-corrected chi connectivity index (χ0v) is 16.3. The molecule has 0 fully saturated rings. The number of benzene rings is 2. The SMILES string of the molecule is C=CCn1c(SCC(=O)Nc2ccc(F)c(F)c2F)nc2cc(Cl)ccc2c1=O. The second kappa shape index (κ2) is 8.71. The highest BCUT2D eigenvalue weighted by atomic mass is 35.5.